The van der Waals surface area contributed by atoms with E-state index in [1.165, 1.54) is 43.5 Å². The number of hydrogen-bond acceptors (Lipinski definition) is 3. The van der Waals surface area contributed by atoms with E-state index in [-0.39, 0.29) is 18.1 Å². The second-order valence-corrected chi connectivity index (χ2v) is 7.36. The number of aliphatic hydroxyl groups excluding tert-OH is 1. The quantitative estimate of drug-likeness (QED) is 0.677. The molecule has 0 bridgehead atoms. The fourth-order valence-electron chi connectivity index (χ4n) is 3.41. The van der Waals surface area contributed by atoms with Gasteiger partial charge in [-0.25, -0.2) is 4.79 Å². The zero-order valence-corrected chi connectivity index (χ0v) is 15.6. The van der Waals surface area contributed by atoms with Crippen LogP contribution in [0.15, 0.2) is 24.3 Å². The minimum Gasteiger partial charge on any atom is -0.393 e. The zero-order chi connectivity index (χ0) is 18.1. The SMILES string of the molecule is CC(O)CC(C)CNC(=O)NCc1ccccc1CN1CCCCC1. The van der Waals surface area contributed by atoms with Gasteiger partial charge < -0.3 is 15.7 Å². The molecular formula is C20H33N3O2. The highest BCUT2D eigenvalue weighted by Gasteiger charge is 2.13. The van der Waals surface area contributed by atoms with E-state index in [9.17, 15) is 9.90 Å². The van der Waals surface area contributed by atoms with Crippen LogP contribution in [0.2, 0.25) is 0 Å². The summed E-state index contributed by atoms with van der Waals surface area (Å²) in [5, 5.41) is 15.2. The minimum atomic E-state index is -0.332. The molecule has 5 nitrogen and oxygen atoms in total. The van der Waals surface area contributed by atoms with Crippen LogP contribution in [0.5, 0.6) is 0 Å². The van der Waals surface area contributed by atoms with Crippen molar-refractivity contribution in [1.82, 2.24) is 15.5 Å². The highest BCUT2D eigenvalue weighted by Crippen LogP contribution is 2.16. The molecular weight excluding hydrogens is 314 g/mol. The summed E-state index contributed by atoms with van der Waals surface area (Å²) in [4.78, 5) is 14.5. The molecule has 5 heteroatoms. The number of nitrogens with one attached hydrogen (secondary N) is 2. The van der Waals surface area contributed by atoms with Crippen molar-refractivity contribution < 1.29 is 9.90 Å². The maximum atomic E-state index is 12.0. The second kappa shape index (κ2) is 10.4. The van der Waals surface area contributed by atoms with Crippen molar-refractivity contribution in [1.29, 1.82) is 0 Å². The monoisotopic (exact) mass is 347 g/mol. The lowest BCUT2D eigenvalue weighted by atomic mass is 10.0. The van der Waals surface area contributed by atoms with Gasteiger partial charge in [-0.05, 0) is 56.3 Å². The van der Waals surface area contributed by atoms with Gasteiger partial charge in [0.1, 0.15) is 0 Å². The summed E-state index contributed by atoms with van der Waals surface area (Å²) in [5.74, 6) is 0.261. The molecule has 1 saturated heterocycles. The summed E-state index contributed by atoms with van der Waals surface area (Å²) in [7, 11) is 0. The summed E-state index contributed by atoms with van der Waals surface area (Å²) in [6.45, 7) is 8.22. The molecule has 1 aromatic carbocycles. The normalized spacial score (nSPS) is 17.7. The molecule has 1 aliphatic heterocycles. The number of benzene rings is 1. The Bertz CT molecular complexity index is 527. The lowest BCUT2D eigenvalue weighted by molar-refractivity contribution is 0.163. The topological polar surface area (TPSA) is 64.6 Å². The van der Waals surface area contributed by atoms with Gasteiger partial charge in [0.15, 0.2) is 0 Å². The van der Waals surface area contributed by atoms with Crippen LogP contribution in [0, 0.1) is 5.92 Å². The van der Waals surface area contributed by atoms with Crippen LogP contribution in [0.1, 0.15) is 50.7 Å². The lowest BCUT2D eigenvalue weighted by Crippen LogP contribution is -2.38. The number of likely N-dealkylation sites (tertiary alicyclic amines) is 1. The predicted molar refractivity (Wildman–Crippen MR) is 101 cm³/mol. The molecule has 25 heavy (non-hydrogen) atoms. The van der Waals surface area contributed by atoms with Crippen molar-refractivity contribution in [3.05, 3.63) is 35.4 Å². The van der Waals surface area contributed by atoms with Crippen molar-refractivity contribution in [3.63, 3.8) is 0 Å². The molecule has 3 N–H and O–H groups in total. The maximum Gasteiger partial charge on any atom is 0.315 e. The first-order chi connectivity index (χ1) is 12.0. The van der Waals surface area contributed by atoms with Crippen LogP contribution in [0.4, 0.5) is 4.79 Å². The molecule has 0 aliphatic carbocycles. The van der Waals surface area contributed by atoms with E-state index in [2.05, 4.69) is 33.7 Å². The highest BCUT2D eigenvalue weighted by atomic mass is 16.3. The maximum absolute atomic E-state index is 12.0. The Labute approximate surface area is 151 Å². The van der Waals surface area contributed by atoms with Crippen LogP contribution < -0.4 is 10.6 Å². The summed E-state index contributed by atoms with van der Waals surface area (Å²) in [5.41, 5.74) is 2.48. The van der Waals surface area contributed by atoms with Crippen molar-refractivity contribution >= 4 is 6.03 Å². The molecule has 1 aromatic rings. The molecule has 2 atom stereocenters. The van der Waals surface area contributed by atoms with Gasteiger partial charge in [-0.15, -0.1) is 0 Å². The molecule has 2 rings (SSSR count). The standard InChI is InChI=1S/C20H33N3O2/c1-16(12-17(2)24)13-21-20(25)22-14-18-8-4-5-9-19(18)15-23-10-6-3-7-11-23/h4-5,8-9,16-17,24H,3,6-7,10-15H2,1-2H3,(H2,21,22,25). The smallest absolute Gasteiger partial charge is 0.315 e. The van der Waals surface area contributed by atoms with Gasteiger partial charge in [-0.2, -0.15) is 0 Å². The number of hydrogen-bond donors (Lipinski definition) is 3. The van der Waals surface area contributed by atoms with E-state index in [0.717, 1.165) is 6.54 Å². The molecule has 2 unspecified atom stereocenters. The molecule has 140 valence electrons. The number of urea groups is 1. The van der Waals surface area contributed by atoms with Gasteiger partial charge in [0.05, 0.1) is 6.10 Å². The molecule has 2 amide bonds. The number of aliphatic hydroxyl groups is 1. The Balaban J connectivity index is 1.78. The first-order valence-electron chi connectivity index (χ1n) is 9.53. The Morgan fingerprint density at radius 1 is 1.12 bits per heavy atom. The fourth-order valence-corrected chi connectivity index (χ4v) is 3.41. The Hall–Kier alpha value is -1.59. The lowest BCUT2D eigenvalue weighted by Gasteiger charge is -2.27. The largest absolute Gasteiger partial charge is 0.393 e. The van der Waals surface area contributed by atoms with Gasteiger partial charge in [0.2, 0.25) is 0 Å². The van der Waals surface area contributed by atoms with Crippen molar-refractivity contribution in [2.75, 3.05) is 19.6 Å². The van der Waals surface area contributed by atoms with E-state index in [4.69, 9.17) is 0 Å². The summed E-state index contributed by atoms with van der Waals surface area (Å²) < 4.78 is 0. The average Bonchev–Trinajstić information content (AvgIpc) is 2.59. The van der Waals surface area contributed by atoms with Crippen LogP contribution in [0.25, 0.3) is 0 Å². The molecule has 0 saturated carbocycles. The number of piperidine rings is 1. The molecule has 0 aromatic heterocycles. The van der Waals surface area contributed by atoms with E-state index in [1.807, 2.05) is 13.0 Å². The van der Waals surface area contributed by atoms with Gasteiger partial charge in [-0.3, -0.25) is 4.90 Å². The van der Waals surface area contributed by atoms with Gasteiger partial charge in [-0.1, -0.05) is 37.6 Å². The van der Waals surface area contributed by atoms with Crippen molar-refractivity contribution in [2.24, 2.45) is 5.92 Å². The third kappa shape index (κ3) is 7.45. The third-order valence-corrected chi connectivity index (χ3v) is 4.75. The Kier molecular flexibility index (Phi) is 8.22. The van der Waals surface area contributed by atoms with E-state index >= 15 is 0 Å². The highest BCUT2D eigenvalue weighted by molar-refractivity contribution is 5.73. The summed E-state index contributed by atoms with van der Waals surface area (Å²) in [6, 6.07) is 8.20. The number of rotatable bonds is 8. The van der Waals surface area contributed by atoms with Crippen LogP contribution in [0.3, 0.4) is 0 Å². The zero-order valence-electron chi connectivity index (χ0n) is 15.6. The summed E-state index contributed by atoms with van der Waals surface area (Å²) in [6.07, 6.45) is 4.27. The van der Waals surface area contributed by atoms with Gasteiger partial charge >= 0.3 is 6.03 Å². The Morgan fingerprint density at radius 3 is 2.48 bits per heavy atom. The fraction of sp³-hybridized carbons (Fsp3) is 0.650. The van der Waals surface area contributed by atoms with Gasteiger partial charge in [0, 0.05) is 19.6 Å². The molecule has 1 aliphatic rings. The minimum absolute atomic E-state index is 0.148. The van der Waals surface area contributed by atoms with Crippen LogP contribution in [-0.2, 0) is 13.1 Å². The van der Waals surface area contributed by atoms with Crippen molar-refractivity contribution in [3.8, 4) is 0 Å². The molecule has 1 fully saturated rings. The number of carbonyl (C=O) groups excluding carboxylic acids is 1. The second-order valence-electron chi connectivity index (χ2n) is 7.36. The van der Waals surface area contributed by atoms with E-state index < -0.39 is 0 Å². The van der Waals surface area contributed by atoms with Crippen molar-refractivity contribution in [2.45, 2.75) is 58.7 Å². The first kappa shape index (κ1) is 19.7. The molecule has 1 heterocycles. The van der Waals surface area contributed by atoms with Gasteiger partial charge in [0.25, 0.3) is 0 Å². The number of amides is 2. The third-order valence-electron chi connectivity index (χ3n) is 4.75. The Morgan fingerprint density at radius 2 is 1.80 bits per heavy atom. The van der Waals surface area contributed by atoms with E-state index in [0.29, 0.717) is 19.5 Å². The van der Waals surface area contributed by atoms with Crippen LogP contribution >= 0.6 is 0 Å². The predicted octanol–water partition coefficient (Wildman–Crippen LogP) is 2.88. The van der Waals surface area contributed by atoms with E-state index in [1.54, 1.807) is 6.92 Å². The summed E-state index contributed by atoms with van der Waals surface area (Å²) >= 11 is 0. The first-order valence-corrected chi connectivity index (χ1v) is 9.53. The number of nitrogens with zero attached hydrogens (tertiary/aromatic N) is 1. The van der Waals surface area contributed by atoms with Crippen LogP contribution in [-0.4, -0.2) is 41.8 Å². The number of carbonyl (C=O) groups is 1. The molecule has 0 spiro atoms. The average molecular weight is 348 g/mol. The molecule has 0 radical (unpaired) electrons.